The molecular weight excluding hydrogens is 368 g/mol. The summed E-state index contributed by atoms with van der Waals surface area (Å²) in [5.74, 6) is 0.158. The van der Waals surface area contributed by atoms with Crippen LogP contribution in [0.25, 0.3) is 11.4 Å². The quantitative estimate of drug-likeness (QED) is 0.699. The molecule has 1 aliphatic heterocycles. The highest BCUT2D eigenvalue weighted by Gasteiger charge is 2.49. The zero-order valence-electron chi connectivity index (χ0n) is 14.3. The lowest BCUT2D eigenvalue weighted by Crippen LogP contribution is -2.40. The first kappa shape index (κ1) is 17.2. The van der Waals surface area contributed by atoms with Crippen LogP contribution in [0.2, 0.25) is 5.02 Å². The molecule has 1 fully saturated rings. The fourth-order valence-electron chi connectivity index (χ4n) is 2.98. The average Bonchev–Trinajstić information content (AvgIpc) is 3.23. The van der Waals surface area contributed by atoms with Gasteiger partial charge in [-0.1, -0.05) is 47.1 Å². The van der Waals surface area contributed by atoms with E-state index in [0.717, 1.165) is 10.5 Å². The third-order valence-corrected chi connectivity index (χ3v) is 4.74. The molecule has 1 aromatic heterocycles. The van der Waals surface area contributed by atoms with E-state index in [1.807, 2.05) is 18.2 Å². The molecule has 3 amide bonds. The number of nitrogens with zero attached hydrogens (tertiary/aromatic N) is 3. The molecule has 1 aliphatic rings. The third-order valence-electron chi connectivity index (χ3n) is 4.49. The van der Waals surface area contributed by atoms with Crippen LogP contribution in [0.1, 0.15) is 18.4 Å². The minimum Gasteiger partial charge on any atom is -0.337 e. The number of benzene rings is 2. The van der Waals surface area contributed by atoms with Gasteiger partial charge in [0, 0.05) is 10.6 Å². The van der Waals surface area contributed by atoms with Crippen LogP contribution in [0.3, 0.4) is 0 Å². The zero-order chi connectivity index (χ0) is 19.0. The Labute approximate surface area is 159 Å². The molecule has 1 saturated heterocycles. The van der Waals surface area contributed by atoms with E-state index in [0.29, 0.717) is 16.4 Å². The predicted octanol–water partition coefficient (Wildman–Crippen LogP) is 3.36. The van der Waals surface area contributed by atoms with Gasteiger partial charge in [-0.3, -0.25) is 9.69 Å². The van der Waals surface area contributed by atoms with Crippen molar-refractivity contribution >= 4 is 23.5 Å². The van der Waals surface area contributed by atoms with E-state index in [2.05, 4.69) is 15.5 Å². The maximum atomic E-state index is 12.9. The highest BCUT2D eigenvalue weighted by atomic mass is 35.5. The molecule has 1 atom stereocenters. The SMILES string of the molecule is CC1(c2ccccc2)NC(=O)N(Cc2nc(-c3ccc(Cl)cc3)no2)C1=O. The van der Waals surface area contributed by atoms with E-state index in [1.165, 1.54) is 0 Å². The molecule has 2 heterocycles. The standard InChI is InChI=1S/C19H15ClN4O3/c1-19(13-5-3-2-4-6-13)17(25)24(18(26)22-19)11-15-21-16(23-27-15)12-7-9-14(20)10-8-12/h2-10H,11H2,1H3,(H,22,26). The van der Waals surface area contributed by atoms with Gasteiger partial charge in [0.1, 0.15) is 12.1 Å². The maximum absolute atomic E-state index is 12.9. The van der Waals surface area contributed by atoms with Gasteiger partial charge in [0.2, 0.25) is 11.7 Å². The van der Waals surface area contributed by atoms with Crippen LogP contribution < -0.4 is 5.32 Å². The van der Waals surface area contributed by atoms with Crippen LogP contribution in [-0.4, -0.2) is 27.0 Å². The lowest BCUT2D eigenvalue weighted by atomic mass is 9.92. The second-order valence-corrected chi connectivity index (χ2v) is 6.77. The molecule has 8 heteroatoms. The van der Waals surface area contributed by atoms with Crippen molar-refractivity contribution in [2.24, 2.45) is 0 Å². The number of hydrogen-bond acceptors (Lipinski definition) is 5. The fraction of sp³-hybridized carbons (Fsp3) is 0.158. The Morgan fingerprint density at radius 3 is 2.52 bits per heavy atom. The molecule has 27 heavy (non-hydrogen) atoms. The summed E-state index contributed by atoms with van der Waals surface area (Å²) in [5.41, 5.74) is 0.302. The zero-order valence-corrected chi connectivity index (χ0v) is 15.1. The van der Waals surface area contributed by atoms with Gasteiger partial charge < -0.3 is 9.84 Å². The van der Waals surface area contributed by atoms with Crippen molar-refractivity contribution in [2.45, 2.75) is 19.0 Å². The number of urea groups is 1. The van der Waals surface area contributed by atoms with Crippen LogP contribution in [0.5, 0.6) is 0 Å². The van der Waals surface area contributed by atoms with Gasteiger partial charge in [-0.25, -0.2) is 4.79 Å². The lowest BCUT2D eigenvalue weighted by Gasteiger charge is -2.21. The lowest BCUT2D eigenvalue weighted by molar-refractivity contribution is -0.131. The highest BCUT2D eigenvalue weighted by molar-refractivity contribution is 6.30. The molecule has 3 aromatic rings. The summed E-state index contributed by atoms with van der Waals surface area (Å²) in [4.78, 5) is 30.6. The van der Waals surface area contributed by atoms with Gasteiger partial charge in [-0.05, 0) is 36.8 Å². The van der Waals surface area contributed by atoms with Crippen molar-refractivity contribution in [3.63, 3.8) is 0 Å². The Bertz CT molecular complexity index is 1000. The molecule has 1 N–H and O–H groups in total. The summed E-state index contributed by atoms with van der Waals surface area (Å²) < 4.78 is 5.21. The summed E-state index contributed by atoms with van der Waals surface area (Å²) >= 11 is 5.87. The van der Waals surface area contributed by atoms with Gasteiger partial charge in [-0.2, -0.15) is 4.98 Å². The minimum atomic E-state index is -1.13. The Kier molecular flexibility index (Phi) is 4.16. The van der Waals surface area contributed by atoms with Gasteiger partial charge in [0.05, 0.1) is 0 Å². The van der Waals surface area contributed by atoms with Crippen molar-refractivity contribution in [3.8, 4) is 11.4 Å². The Balaban J connectivity index is 1.56. The molecule has 0 saturated carbocycles. The molecule has 2 aromatic carbocycles. The number of hydrogen-bond donors (Lipinski definition) is 1. The summed E-state index contributed by atoms with van der Waals surface area (Å²) in [6.07, 6.45) is 0. The largest absolute Gasteiger partial charge is 0.337 e. The van der Waals surface area contributed by atoms with Crippen LogP contribution in [0.15, 0.2) is 59.1 Å². The van der Waals surface area contributed by atoms with E-state index >= 15 is 0 Å². The van der Waals surface area contributed by atoms with Crippen LogP contribution in [0.4, 0.5) is 4.79 Å². The van der Waals surface area contributed by atoms with E-state index in [4.69, 9.17) is 16.1 Å². The molecule has 136 valence electrons. The van der Waals surface area contributed by atoms with Crippen molar-refractivity contribution < 1.29 is 14.1 Å². The van der Waals surface area contributed by atoms with E-state index in [9.17, 15) is 9.59 Å². The number of carbonyl (C=O) groups excluding carboxylic acids is 2. The smallest absolute Gasteiger partial charge is 0.325 e. The number of amides is 3. The molecule has 0 aliphatic carbocycles. The molecular formula is C19H15ClN4O3. The molecule has 0 bridgehead atoms. The van der Waals surface area contributed by atoms with E-state index in [1.54, 1.807) is 43.3 Å². The third kappa shape index (κ3) is 3.06. The first-order valence-corrected chi connectivity index (χ1v) is 8.63. The highest BCUT2D eigenvalue weighted by Crippen LogP contribution is 2.29. The molecule has 1 unspecified atom stereocenters. The second kappa shape index (κ2) is 6.51. The van der Waals surface area contributed by atoms with Crippen molar-refractivity contribution in [1.82, 2.24) is 20.4 Å². The summed E-state index contributed by atoms with van der Waals surface area (Å²) in [7, 11) is 0. The molecule has 0 radical (unpaired) electrons. The second-order valence-electron chi connectivity index (χ2n) is 6.33. The summed E-state index contributed by atoms with van der Waals surface area (Å²) in [5, 5.41) is 7.25. The van der Waals surface area contributed by atoms with Crippen molar-refractivity contribution in [1.29, 1.82) is 0 Å². The van der Waals surface area contributed by atoms with Gasteiger partial charge in [-0.15, -0.1) is 0 Å². The number of aromatic nitrogens is 2. The van der Waals surface area contributed by atoms with Gasteiger partial charge >= 0.3 is 6.03 Å². The van der Waals surface area contributed by atoms with Crippen LogP contribution in [-0.2, 0) is 16.9 Å². The minimum absolute atomic E-state index is 0.103. The Morgan fingerprint density at radius 2 is 1.81 bits per heavy atom. The first-order valence-electron chi connectivity index (χ1n) is 8.25. The number of imide groups is 1. The molecule has 0 spiro atoms. The monoisotopic (exact) mass is 382 g/mol. The van der Waals surface area contributed by atoms with E-state index < -0.39 is 11.6 Å². The van der Waals surface area contributed by atoms with Gasteiger partial charge in [0.15, 0.2) is 0 Å². The number of carbonyl (C=O) groups is 2. The van der Waals surface area contributed by atoms with Crippen LogP contribution >= 0.6 is 11.6 Å². The van der Waals surface area contributed by atoms with Crippen LogP contribution in [0, 0.1) is 0 Å². The number of rotatable bonds is 4. The predicted molar refractivity (Wildman–Crippen MR) is 97.6 cm³/mol. The fourth-order valence-corrected chi connectivity index (χ4v) is 3.10. The van der Waals surface area contributed by atoms with Crippen molar-refractivity contribution in [2.75, 3.05) is 0 Å². The Morgan fingerprint density at radius 1 is 1.11 bits per heavy atom. The van der Waals surface area contributed by atoms with E-state index in [-0.39, 0.29) is 18.3 Å². The topological polar surface area (TPSA) is 88.3 Å². The Hall–Kier alpha value is -3.19. The maximum Gasteiger partial charge on any atom is 0.325 e. The first-order chi connectivity index (χ1) is 13.0. The summed E-state index contributed by atoms with van der Waals surface area (Å²) in [6, 6.07) is 15.5. The van der Waals surface area contributed by atoms with Gasteiger partial charge in [0.25, 0.3) is 5.91 Å². The number of halogens is 1. The molecule has 4 rings (SSSR count). The molecule has 7 nitrogen and oxygen atoms in total. The number of nitrogens with one attached hydrogen (secondary N) is 1. The van der Waals surface area contributed by atoms with Crippen molar-refractivity contribution in [3.05, 3.63) is 71.1 Å². The average molecular weight is 383 g/mol. The summed E-state index contributed by atoms with van der Waals surface area (Å²) in [6.45, 7) is 1.57. The normalized spacial score (nSPS) is 19.4.